The van der Waals surface area contributed by atoms with Gasteiger partial charge < -0.3 is 15.4 Å². The number of nitrogens with one attached hydrogen (secondary N) is 2. The van der Waals surface area contributed by atoms with Crippen molar-refractivity contribution in [3.05, 3.63) is 51.4 Å². The molecule has 0 aliphatic rings. The van der Waals surface area contributed by atoms with E-state index in [0.717, 1.165) is 23.3 Å². The van der Waals surface area contributed by atoms with E-state index >= 15 is 0 Å². The van der Waals surface area contributed by atoms with Crippen LogP contribution in [0.25, 0.3) is 0 Å². The molecule has 1 aromatic heterocycles. The summed E-state index contributed by atoms with van der Waals surface area (Å²) in [6, 6.07) is 7.17. The summed E-state index contributed by atoms with van der Waals surface area (Å²) in [5, 5.41) is 5.90. The Bertz CT molecular complexity index is 858. The molecule has 27 heavy (non-hydrogen) atoms. The maximum atomic E-state index is 12.7. The van der Waals surface area contributed by atoms with E-state index in [9.17, 15) is 14.4 Å². The number of amides is 2. The molecule has 7 heteroatoms. The molecule has 0 atom stereocenters. The molecule has 0 fully saturated rings. The van der Waals surface area contributed by atoms with Crippen molar-refractivity contribution in [2.75, 3.05) is 18.5 Å². The highest BCUT2D eigenvalue weighted by Crippen LogP contribution is 2.34. The second kappa shape index (κ2) is 9.32. The summed E-state index contributed by atoms with van der Waals surface area (Å²) in [5.74, 6) is -1.15. The summed E-state index contributed by atoms with van der Waals surface area (Å²) in [6.45, 7) is 7.93. The van der Waals surface area contributed by atoms with E-state index in [2.05, 4.69) is 10.6 Å². The van der Waals surface area contributed by atoms with Crippen molar-refractivity contribution in [1.29, 1.82) is 0 Å². The van der Waals surface area contributed by atoms with Gasteiger partial charge in [-0.25, -0.2) is 4.79 Å². The second-order valence-corrected chi connectivity index (χ2v) is 7.03. The van der Waals surface area contributed by atoms with Crippen molar-refractivity contribution < 1.29 is 19.1 Å². The van der Waals surface area contributed by atoms with Crippen molar-refractivity contribution in [2.45, 2.75) is 34.1 Å². The van der Waals surface area contributed by atoms with Gasteiger partial charge in [0.1, 0.15) is 5.00 Å². The predicted octanol–water partition coefficient (Wildman–Crippen LogP) is 3.93. The molecule has 2 rings (SSSR count). The van der Waals surface area contributed by atoms with Crippen molar-refractivity contribution in [3.63, 3.8) is 0 Å². The van der Waals surface area contributed by atoms with Gasteiger partial charge in [-0.15, -0.1) is 11.3 Å². The van der Waals surface area contributed by atoms with Gasteiger partial charge in [0.2, 0.25) is 0 Å². The zero-order valence-electron chi connectivity index (χ0n) is 16.0. The minimum absolute atomic E-state index is 0.205. The minimum atomic E-state index is -0.555. The summed E-state index contributed by atoms with van der Waals surface area (Å²) in [4.78, 5) is 37.9. The molecule has 0 bridgehead atoms. The number of esters is 1. The van der Waals surface area contributed by atoms with E-state index < -0.39 is 5.97 Å². The number of rotatable bonds is 7. The number of aryl methyl sites for hydroxylation is 1. The molecule has 1 aromatic carbocycles. The molecule has 0 aliphatic heterocycles. The van der Waals surface area contributed by atoms with E-state index in [-0.39, 0.29) is 24.0 Å². The van der Waals surface area contributed by atoms with Gasteiger partial charge in [0, 0.05) is 12.1 Å². The Hall–Kier alpha value is -2.67. The summed E-state index contributed by atoms with van der Waals surface area (Å²) < 4.78 is 5.12. The normalized spacial score (nSPS) is 10.4. The monoisotopic (exact) mass is 388 g/mol. The number of hydrogen-bond donors (Lipinski definition) is 2. The van der Waals surface area contributed by atoms with Crippen molar-refractivity contribution in [1.82, 2.24) is 5.32 Å². The molecule has 0 saturated carbocycles. The fraction of sp³-hybridized carbons (Fsp3) is 0.350. The highest BCUT2D eigenvalue weighted by molar-refractivity contribution is 7.18. The first-order valence-corrected chi connectivity index (χ1v) is 9.68. The number of thiophene rings is 1. The van der Waals surface area contributed by atoms with Crippen LogP contribution >= 0.6 is 11.3 Å². The number of carbonyl (C=O) groups is 3. The van der Waals surface area contributed by atoms with Crippen LogP contribution in [-0.2, 0) is 4.74 Å². The van der Waals surface area contributed by atoms with Gasteiger partial charge in [0.15, 0.2) is 0 Å². The fourth-order valence-corrected chi connectivity index (χ4v) is 3.69. The Balaban J connectivity index is 2.41. The highest BCUT2D eigenvalue weighted by atomic mass is 32.1. The average Bonchev–Trinajstić information content (AvgIpc) is 2.96. The van der Waals surface area contributed by atoms with Crippen LogP contribution in [-0.4, -0.2) is 30.9 Å². The van der Waals surface area contributed by atoms with Gasteiger partial charge in [0.05, 0.1) is 17.0 Å². The molecule has 2 aromatic rings. The number of benzene rings is 1. The van der Waals surface area contributed by atoms with Crippen LogP contribution in [0.5, 0.6) is 0 Å². The smallest absolute Gasteiger partial charge is 0.341 e. The third-order valence-electron chi connectivity index (χ3n) is 3.98. The van der Waals surface area contributed by atoms with Crippen LogP contribution in [0.15, 0.2) is 24.3 Å². The van der Waals surface area contributed by atoms with Gasteiger partial charge in [-0.05, 0) is 44.4 Å². The first kappa shape index (κ1) is 20.6. The lowest BCUT2D eigenvalue weighted by Crippen LogP contribution is -2.23. The number of ether oxygens (including phenoxy) is 1. The molecule has 0 radical (unpaired) electrons. The third-order valence-corrected chi connectivity index (χ3v) is 5.19. The Labute approximate surface area is 162 Å². The maximum Gasteiger partial charge on any atom is 0.341 e. The van der Waals surface area contributed by atoms with Gasteiger partial charge in [-0.2, -0.15) is 0 Å². The minimum Gasteiger partial charge on any atom is -0.462 e. The zero-order valence-corrected chi connectivity index (χ0v) is 16.8. The molecule has 6 nitrogen and oxygen atoms in total. The Kier molecular flexibility index (Phi) is 7.12. The summed E-state index contributed by atoms with van der Waals surface area (Å²) >= 11 is 1.08. The van der Waals surface area contributed by atoms with E-state index in [1.165, 1.54) is 0 Å². The Morgan fingerprint density at radius 1 is 1.07 bits per heavy atom. The molecule has 0 spiro atoms. The zero-order chi connectivity index (χ0) is 20.0. The van der Waals surface area contributed by atoms with E-state index in [1.807, 2.05) is 26.0 Å². The molecule has 0 aliphatic carbocycles. The van der Waals surface area contributed by atoms with Crippen molar-refractivity contribution in [2.24, 2.45) is 0 Å². The van der Waals surface area contributed by atoms with Gasteiger partial charge in [-0.3, -0.25) is 9.59 Å². The first-order valence-electron chi connectivity index (χ1n) is 8.86. The van der Waals surface area contributed by atoms with Crippen LogP contribution in [0.3, 0.4) is 0 Å². The lowest BCUT2D eigenvalue weighted by Gasteiger charge is -2.08. The predicted molar refractivity (Wildman–Crippen MR) is 107 cm³/mol. The van der Waals surface area contributed by atoms with Crippen LogP contribution in [0, 0.1) is 13.8 Å². The standard InChI is InChI=1S/C20H24N2O4S/c1-5-11-21-18(24)16-13(4)15(20(25)26-6-2)19(27-16)22-17(23)14-10-8-7-9-12(14)3/h7-10H,5-6,11H2,1-4H3,(H,21,24)(H,22,23). The number of hydrogen-bond acceptors (Lipinski definition) is 5. The van der Waals surface area contributed by atoms with E-state index in [4.69, 9.17) is 4.74 Å². The highest BCUT2D eigenvalue weighted by Gasteiger charge is 2.26. The quantitative estimate of drug-likeness (QED) is 0.704. The molecular weight excluding hydrogens is 364 g/mol. The molecule has 144 valence electrons. The fourth-order valence-electron chi connectivity index (χ4n) is 2.58. The topological polar surface area (TPSA) is 84.5 Å². The Morgan fingerprint density at radius 3 is 2.41 bits per heavy atom. The largest absolute Gasteiger partial charge is 0.462 e. The van der Waals surface area contributed by atoms with Crippen LogP contribution in [0.1, 0.15) is 61.8 Å². The molecule has 0 unspecified atom stereocenters. The third kappa shape index (κ3) is 4.74. The maximum absolute atomic E-state index is 12.7. The second-order valence-electron chi connectivity index (χ2n) is 6.01. The van der Waals surface area contributed by atoms with E-state index in [1.54, 1.807) is 26.0 Å². The summed E-state index contributed by atoms with van der Waals surface area (Å²) in [6.07, 6.45) is 0.803. The first-order chi connectivity index (χ1) is 12.9. The molecule has 2 N–H and O–H groups in total. The number of carbonyl (C=O) groups excluding carboxylic acids is 3. The molecule has 0 saturated heterocycles. The Morgan fingerprint density at radius 2 is 1.78 bits per heavy atom. The van der Waals surface area contributed by atoms with Crippen molar-refractivity contribution in [3.8, 4) is 0 Å². The summed E-state index contributed by atoms with van der Waals surface area (Å²) in [7, 11) is 0. The van der Waals surface area contributed by atoms with Gasteiger partial charge in [-0.1, -0.05) is 25.1 Å². The average molecular weight is 388 g/mol. The SMILES string of the molecule is CCCNC(=O)c1sc(NC(=O)c2ccccc2C)c(C(=O)OCC)c1C. The van der Waals surface area contributed by atoms with Crippen LogP contribution in [0.4, 0.5) is 5.00 Å². The lowest BCUT2D eigenvalue weighted by atomic mass is 10.1. The van der Waals surface area contributed by atoms with E-state index in [0.29, 0.717) is 27.5 Å². The van der Waals surface area contributed by atoms with Crippen LogP contribution < -0.4 is 10.6 Å². The molecular formula is C20H24N2O4S. The van der Waals surface area contributed by atoms with Crippen molar-refractivity contribution >= 4 is 34.1 Å². The van der Waals surface area contributed by atoms with Crippen LogP contribution in [0.2, 0.25) is 0 Å². The van der Waals surface area contributed by atoms with Gasteiger partial charge >= 0.3 is 5.97 Å². The number of anilines is 1. The van der Waals surface area contributed by atoms with Gasteiger partial charge in [0.25, 0.3) is 11.8 Å². The molecule has 1 heterocycles. The lowest BCUT2D eigenvalue weighted by molar-refractivity contribution is 0.0527. The summed E-state index contributed by atoms with van der Waals surface area (Å²) in [5.41, 5.74) is 2.06. The molecule has 2 amide bonds.